The standard InChI is InChI=1S/C20H21ClN4O/c21-16-9-13(11-22)5-6-19(16)26-20-15-4-1-7-24-17(15)10-18(20)25-8-2-3-14(23)12-25/h1,4-6,9-10,14,20,24H,2-3,7-8,12,23H2/t14-,20-/m1/s1. The number of piperidine rings is 1. The fourth-order valence-electron chi connectivity index (χ4n) is 3.71. The van der Waals surface area contributed by atoms with Gasteiger partial charge in [-0.05, 0) is 37.1 Å². The van der Waals surface area contributed by atoms with Crippen LogP contribution in [0.3, 0.4) is 0 Å². The monoisotopic (exact) mass is 368 g/mol. The molecule has 0 spiro atoms. The summed E-state index contributed by atoms with van der Waals surface area (Å²) in [6, 6.07) is 7.40. The Morgan fingerprint density at radius 3 is 3.04 bits per heavy atom. The third-order valence-electron chi connectivity index (χ3n) is 4.99. The van der Waals surface area contributed by atoms with E-state index >= 15 is 0 Å². The van der Waals surface area contributed by atoms with E-state index in [2.05, 4.69) is 34.5 Å². The molecule has 2 aliphatic heterocycles. The molecule has 134 valence electrons. The van der Waals surface area contributed by atoms with Crippen LogP contribution in [0.2, 0.25) is 5.02 Å². The highest BCUT2D eigenvalue weighted by molar-refractivity contribution is 6.32. The Bertz CT molecular complexity index is 852. The molecular weight excluding hydrogens is 348 g/mol. The molecule has 6 heteroatoms. The second-order valence-electron chi connectivity index (χ2n) is 6.82. The van der Waals surface area contributed by atoms with E-state index in [-0.39, 0.29) is 12.1 Å². The number of dihydropyridines is 1. The molecular formula is C20H21ClN4O. The third kappa shape index (κ3) is 3.18. The lowest BCUT2D eigenvalue weighted by molar-refractivity contribution is 0.188. The molecule has 1 aromatic carbocycles. The topological polar surface area (TPSA) is 74.3 Å². The summed E-state index contributed by atoms with van der Waals surface area (Å²) in [4.78, 5) is 2.32. The molecule has 1 fully saturated rings. The molecule has 3 aliphatic rings. The van der Waals surface area contributed by atoms with Crippen molar-refractivity contribution in [3.05, 3.63) is 64.0 Å². The molecule has 0 aromatic heterocycles. The predicted molar refractivity (Wildman–Crippen MR) is 102 cm³/mol. The summed E-state index contributed by atoms with van der Waals surface area (Å²) in [5, 5.41) is 12.9. The summed E-state index contributed by atoms with van der Waals surface area (Å²) in [6.45, 7) is 2.62. The van der Waals surface area contributed by atoms with Gasteiger partial charge in [0.05, 0.1) is 22.4 Å². The molecule has 2 atom stereocenters. The first-order chi connectivity index (χ1) is 12.7. The maximum atomic E-state index is 9.03. The smallest absolute Gasteiger partial charge is 0.165 e. The molecule has 4 rings (SSSR count). The van der Waals surface area contributed by atoms with Crippen molar-refractivity contribution >= 4 is 11.6 Å². The highest BCUT2D eigenvalue weighted by atomic mass is 35.5. The van der Waals surface area contributed by atoms with E-state index in [4.69, 9.17) is 27.3 Å². The van der Waals surface area contributed by atoms with Gasteiger partial charge in [0.25, 0.3) is 0 Å². The number of halogens is 1. The van der Waals surface area contributed by atoms with Crippen LogP contribution in [0, 0.1) is 11.3 Å². The van der Waals surface area contributed by atoms with Crippen molar-refractivity contribution < 1.29 is 4.74 Å². The molecule has 0 amide bonds. The van der Waals surface area contributed by atoms with Gasteiger partial charge < -0.3 is 20.7 Å². The van der Waals surface area contributed by atoms with Crippen LogP contribution in [-0.2, 0) is 0 Å². The number of benzene rings is 1. The Labute approximate surface area is 158 Å². The van der Waals surface area contributed by atoms with Gasteiger partial charge in [0.2, 0.25) is 0 Å². The number of allylic oxidation sites excluding steroid dienone is 1. The van der Waals surface area contributed by atoms with Gasteiger partial charge in [-0.3, -0.25) is 0 Å². The van der Waals surface area contributed by atoms with Crippen molar-refractivity contribution in [2.45, 2.75) is 25.0 Å². The average Bonchev–Trinajstić information content (AvgIpc) is 3.02. The summed E-state index contributed by atoms with van der Waals surface area (Å²) >= 11 is 6.34. The number of nitrogens with zero attached hydrogens (tertiary/aromatic N) is 2. The lowest BCUT2D eigenvalue weighted by Gasteiger charge is -2.36. The summed E-state index contributed by atoms with van der Waals surface area (Å²) in [5.74, 6) is 0.579. The highest BCUT2D eigenvalue weighted by Gasteiger charge is 2.34. The van der Waals surface area contributed by atoms with Crippen LogP contribution in [-0.4, -0.2) is 36.7 Å². The van der Waals surface area contributed by atoms with E-state index in [9.17, 15) is 0 Å². The molecule has 1 saturated heterocycles. The number of nitrogens with one attached hydrogen (secondary N) is 1. The van der Waals surface area contributed by atoms with Crippen LogP contribution >= 0.6 is 11.6 Å². The molecule has 1 aromatic rings. The summed E-state index contributed by atoms with van der Waals surface area (Å²) in [6.07, 6.45) is 8.28. The maximum absolute atomic E-state index is 9.03. The van der Waals surface area contributed by atoms with Crippen LogP contribution in [0.5, 0.6) is 5.75 Å². The van der Waals surface area contributed by atoms with E-state index in [1.807, 2.05) is 0 Å². The van der Waals surface area contributed by atoms with Gasteiger partial charge in [0, 0.05) is 36.9 Å². The van der Waals surface area contributed by atoms with Crippen LogP contribution in [0.25, 0.3) is 0 Å². The number of ether oxygens (including phenoxy) is 1. The first-order valence-corrected chi connectivity index (χ1v) is 9.26. The Balaban J connectivity index is 1.64. The van der Waals surface area contributed by atoms with E-state index in [0.29, 0.717) is 16.3 Å². The largest absolute Gasteiger partial charge is 0.478 e. The molecule has 1 aliphatic carbocycles. The van der Waals surface area contributed by atoms with Gasteiger partial charge in [-0.25, -0.2) is 0 Å². The number of nitrogens with two attached hydrogens (primary N) is 1. The first kappa shape index (κ1) is 17.0. The summed E-state index contributed by atoms with van der Waals surface area (Å²) in [7, 11) is 0. The van der Waals surface area contributed by atoms with E-state index in [1.165, 1.54) is 0 Å². The van der Waals surface area contributed by atoms with Crippen molar-refractivity contribution in [2.75, 3.05) is 19.6 Å². The minimum Gasteiger partial charge on any atom is -0.478 e. The molecule has 0 unspecified atom stereocenters. The van der Waals surface area contributed by atoms with Crippen molar-refractivity contribution in [1.82, 2.24) is 10.2 Å². The second-order valence-corrected chi connectivity index (χ2v) is 7.23. The van der Waals surface area contributed by atoms with Gasteiger partial charge in [0.1, 0.15) is 5.75 Å². The third-order valence-corrected chi connectivity index (χ3v) is 5.29. The second kappa shape index (κ2) is 7.06. The fourth-order valence-corrected chi connectivity index (χ4v) is 3.94. The van der Waals surface area contributed by atoms with E-state index in [1.54, 1.807) is 18.2 Å². The molecule has 26 heavy (non-hydrogen) atoms. The fraction of sp³-hybridized carbons (Fsp3) is 0.350. The van der Waals surface area contributed by atoms with Crippen molar-refractivity contribution in [1.29, 1.82) is 5.26 Å². The Morgan fingerprint density at radius 2 is 2.27 bits per heavy atom. The number of rotatable bonds is 3. The SMILES string of the molecule is N#Cc1ccc(O[C@H]2C(N3CCC[C@@H](N)C3)=CC3=C2C=CCN3)c(Cl)c1. The lowest BCUT2D eigenvalue weighted by Crippen LogP contribution is -2.44. The normalized spacial score (nSPS) is 24.7. The first-order valence-electron chi connectivity index (χ1n) is 8.88. The van der Waals surface area contributed by atoms with Gasteiger partial charge >= 0.3 is 0 Å². The quantitative estimate of drug-likeness (QED) is 0.858. The predicted octanol–water partition coefficient (Wildman–Crippen LogP) is 2.69. The maximum Gasteiger partial charge on any atom is 0.165 e. The zero-order chi connectivity index (χ0) is 18.1. The minimum absolute atomic E-state index is 0.185. The van der Waals surface area contributed by atoms with Crippen LogP contribution in [0.1, 0.15) is 18.4 Å². The summed E-state index contributed by atoms with van der Waals surface area (Å²) in [5.41, 5.74) is 10.0. The Kier molecular flexibility index (Phi) is 4.62. The number of nitriles is 1. The molecule has 0 radical (unpaired) electrons. The van der Waals surface area contributed by atoms with Crippen molar-refractivity contribution in [3.8, 4) is 11.8 Å². The van der Waals surface area contributed by atoms with Gasteiger partial charge in [-0.2, -0.15) is 5.26 Å². The van der Waals surface area contributed by atoms with Crippen LogP contribution in [0.15, 0.2) is 53.4 Å². The van der Waals surface area contributed by atoms with Gasteiger partial charge in [0.15, 0.2) is 6.10 Å². The molecule has 3 N–H and O–H groups in total. The Hall–Kier alpha value is -2.42. The van der Waals surface area contributed by atoms with Gasteiger partial charge in [-0.15, -0.1) is 0 Å². The Morgan fingerprint density at radius 1 is 1.38 bits per heavy atom. The zero-order valence-corrected chi connectivity index (χ0v) is 15.2. The van der Waals surface area contributed by atoms with Crippen LogP contribution < -0.4 is 15.8 Å². The number of hydrogen-bond donors (Lipinski definition) is 2. The van der Waals surface area contributed by atoms with Crippen molar-refractivity contribution in [3.63, 3.8) is 0 Å². The van der Waals surface area contributed by atoms with Gasteiger partial charge in [-0.1, -0.05) is 23.8 Å². The molecule has 0 bridgehead atoms. The minimum atomic E-state index is -0.232. The molecule has 2 heterocycles. The van der Waals surface area contributed by atoms with Crippen molar-refractivity contribution in [2.24, 2.45) is 5.73 Å². The van der Waals surface area contributed by atoms with E-state index in [0.717, 1.165) is 49.4 Å². The number of likely N-dealkylation sites (tertiary alicyclic amines) is 1. The summed E-state index contributed by atoms with van der Waals surface area (Å²) < 4.78 is 6.33. The number of hydrogen-bond acceptors (Lipinski definition) is 5. The van der Waals surface area contributed by atoms with Crippen LogP contribution in [0.4, 0.5) is 0 Å². The van der Waals surface area contributed by atoms with E-state index < -0.39 is 0 Å². The molecule has 5 nitrogen and oxygen atoms in total. The average molecular weight is 369 g/mol. The zero-order valence-electron chi connectivity index (χ0n) is 14.4. The lowest BCUT2D eigenvalue weighted by atomic mass is 10.0. The highest BCUT2D eigenvalue weighted by Crippen LogP contribution is 2.36. The molecule has 0 saturated carbocycles.